The molecule has 0 bridgehead atoms. The van der Waals surface area contributed by atoms with Crippen molar-refractivity contribution in [1.29, 1.82) is 0 Å². The average Bonchev–Trinajstić information content (AvgIpc) is 3.39. The highest BCUT2D eigenvalue weighted by Crippen LogP contribution is 2.40. The summed E-state index contributed by atoms with van der Waals surface area (Å²) in [4.78, 5) is 13.6. The van der Waals surface area contributed by atoms with Crippen molar-refractivity contribution in [1.82, 2.24) is 5.32 Å². The van der Waals surface area contributed by atoms with E-state index in [1.54, 1.807) is 18.2 Å². The molecule has 39 heavy (non-hydrogen) atoms. The summed E-state index contributed by atoms with van der Waals surface area (Å²) in [6.45, 7) is 8.00. The number of hydrogen-bond acceptors (Lipinski definition) is 5. The summed E-state index contributed by atoms with van der Waals surface area (Å²) in [6, 6.07) is 17.9. The summed E-state index contributed by atoms with van der Waals surface area (Å²) in [6.07, 6.45) is 2.30. The molecule has 8 heteroatoms. The highest BCUT2D eigenvalue weighted by atomic mass is 32.2. The number of hydrogen-bond donors (Lipinski definition) is 1. The fourth-order valence-corrected chi connectivity index (χ4v) is 6.68. The standard InChI is InChI=1S/C31H36N2O5S/c1-20(22-10-9-21-7-6-8-23(21)17-22)32-30(34)29-19-33(39(35,36)26-14-12-25(37-5)13-15-26)27-18-24(31(2,3)4)11-16-28(27)38-29/h9-18,20,29H,6-8,19H2,1-5H3,(H,32,34)/t20-,29+/m0/s1. The maximum absolute atomic E-state index is 13.9. The van der Waals surface area contributed by atoms with Gasteiger partial charge in [-0.25, -0.2) is 8.42 Å². The second-order valence-corrected chi connectivity index (χ2v) is 13.2. The van der Waals surface area contributed by atoms with E-state index in [4.69, 9.17) is 9.47 Å². The quantitative estimate of drug-likeness (QED) is 0.451. The van der Waals surface area contributed by atoms with Crippen LogP contribution in [0.3, 0.4) is 0 Å². The molecule has 0 saturated heterocycles. The van der Waals surface area contributed by atoms with Gasteiger partial charge in [-0.05, 0) is 90.3 Å². The SMILES string of the molecule is COc1ccc(S(=O)(=O)N2C[C@H](C(=O)N[C@@H](C)c3ccc4c(c3)CCC4)Oc3ccc(C(C)(C)C)cc32)cc1. The van der Waals surface area contributed by atoms with Gasteiger partial charge in [-0.3, -0.25) is 9.10 Å². The van der Waals surface area contributed by atoms with E-state index >= 15 is 0 Å². The third-order valence-corrected chi connectivity index (χ3v) is 9.41. The number of ether oxygens (including phenoxy) is 2. The number of nitrogens with zero attached hydrogens (tertiary/aromatic N) is 1. The van der Waals surface area contributed by atoms with E-state index in [-0.39, 0.29) is 28.8 Å². The number of amides is 1. The third kappa shape index (κ3) is 5.35. The summed E-state index contributed by atoms with van der Waals surface area (Å²) in [7, 11) is -2.47. The molecule has 0 aromatic heterocycles. The lowest BCUT2D eigenvalue weighted by molar-refractivity contribution is -0.128. The van der Waals surface area contributed by atoms with E-state index in [2.05, 4.69) is 44.3 Å². The second kappa shape index (κ2) is 10.2. The number of aryl methyl sites for hydroxylation is 2. The van der Waals surface area contributed by atoms with Crippen LogP contribution in [0.4, 0.5) is 5.69 Å². The maximum Gasteiger partial charge on any atom is 0.264 e. The van der Waals surface area contributed by atoms with Gasteiger partial charge in [0.15, 0.2) is 6.10 Å². The first-order chi connectivity index (χ1) is 18.5. The Labute approximate surface area is 231 Å². The highest BCUT2D eigenvalue weighted by molar-refractivity contribution is 7.92. The second-order valence-electron chi connectivity index (χ2n) is 11.4. The zero-order valence-corrected chi connectivity index (χ0v) is 24.0. The molecule has 7 nitrogen and oxygen atoms in total. The van der Waals surface area contributed by atoms with Gasteiger partial charge < -0.3 is 14.8 Å². The van der Waals surface area contributed by atoms with Crippen LogP contribution in [-0.4, -0.2) is 34.1 Å². The molecular weight excluding hydrogens is 512 g/mol. The first kappa shape index (κ1) is 27.1. The molecule has 5 rings (SSSR count). The van der Waals surface area contributed by atoms with Crippen LogP contribution in [0.1, 0.15) is 62.4 Å². The number of sulfonamides is 1. The van der Waals surface area contributed by atoms with E-state index in [9.17, 15) is 13.2 Å². The largest absolute Gasteiger partial charge is 0.497 e. The third-order valence-electron chi connectivity index (χ3n) is 7.62. The lowest BCUT2D eigenvalue weighted by atomic mass is 9.86. The summed E-state index contributed by atoms with van der Waals surface area (Å²) in [5, 5.41) is 3.05. The molecule has 1 heterocycles. The molecule has 0 fully saturated rings. The van der Waals surface area contributed by atoms with Crippen molar-refractivity contribution in [3.8, 4) is 11.5 Å². The van der Waals surface area contributed by atoms with Gasteiger partial charge in [-0.15, -0.1) is 0 Å². The van der Waals surface area contributed by atoms with Crippen molar-refractivity contribution in [2.75, 3.05) is 18.0 Å². The topological polar surface area (TPSA) is 84.9 Å². The molecule has 1 amide bonds. The van der Waals surface area contributed by atoms with E-state index in [1.165, 1.54) is 34.7 Å². The maximum atomic E-state index is 13.9. The predicted octanol–water partition coefficient (Wildman–Crippen LogP) is 5.32. The molecule has 3 aromatic rings. The first-order valence-electron chi connectivity index (χ1n) is 13.4. The molecule has 0 radical (unpaired) electrons. The van der Waals surface area contributed by atoms with Crippen molar-refractivity contribution in [2.45, 2.75) is 69.4 Å². The zero-order chi connectivity index (χ0) is 27.9. The van der Waals surface area contributed by atoms with Gasteiger partial charge in [0.25, 0.3) is 15.9 Å². The summed E-state index contributed by atoms with van der Waals surface area (Å²) < 4.78 is 40.5. The minimum Gasteiger partial charge on any atom is -0.497 e. The molecule has 2 atom stereocenters. The number of benzene rings is 3. The highest BCUT2D eigenvalue weighted by Gasteiger charge is 2.38. The molecule has 206 valence electrons. The van der Waals surface area contributed by atoms with E-state index < -0.39 is 16.1 Å². The lowest BCUT2D eigenvalue weighted by Gasteiger charge is -2.36. The number of methoxy groups -OCH3 is 1. The number of fused-ring (bicyclic) bond motifs is 2. The predicted molar refractivity (Wildman–Crippen MR) is 152 cm³/mol. The minimum atomic E-state index is -4.00. The smallest absolute Gasteiger partial charge is 0.264 e. The Morgan fingerprint density at radius 3 is 2.44 bits per heavy atom. The molecule has 2 aliphatic rings. The molecule has 0 saturated carbocycles. The van der Waals surface area contributed by atoms with Crippen LogP contribution in [-0.2, 0) is 33.1 Å². The van der Waals surface area contributed by atoms with Crippen LogP contribution in [0, 0.1) is 0 Å². The molecule has 1 aliphatic carbocycles. The number of nitrogens with one attached hydrogen (secondary N) is 1. The summed E-state index contributed by atoms with van der Waals surface area (Å²) >= 11 is 0. The van der Waals surface area contributed by atoms with Gasteiger partial charge in [0.2, 0.25) is 0 Å². The van der Waals surface area contributed by atoms with Gasteiger partial charge in [0.05, 0.1) is 30.3 Å². The molecule has 3 aromatic carbocycles. The fourth-order valence-electron chi connectivity index (χ4n) is 5.21. The van der Waals surface area contributed by atoms with Gasteiger partial charge >= 0.3 is 0 Å². The number of rotatable bonds is 6. The van der Waals surface area contributed by atoms with Gasteiger partial charge in [-0.2, -0.15) is 0 Å². The van der Waals surface area contributed by atoms with Crippen molar-refractivity contribution in [3.63, 3.8) is 0 Å². The van der Waals surface area contributed by atoms with E-state index in [0.717, 1.165) is 30.4 Å². The van der Waals surface area contributed by atoms with Crippen LogP contribution in [0.15, 0.2) is 65.6 Å². The van der Waals surface area contributed by atoms with Crippen molar-refractivity contribution < 1.29 is 22.7 Å². The van der Waals surface area contributed by atoms with Gasteiger partial charge in [0.1, 0.15) is 11.5 Å². The van der Waals surface area contributed by atoms with E-state index in [1.807, 2.05) is 19.1 Å². The van der Waals surface area contributed by atoms with Crippen LogP contribution in [0.5, 0.6) is 11.5 Å². The number of carbonyl (C=O) groups excluding carboxylic acids is 1. The van der Waals surface area contributed by atoms with Crippen LogP contribution >= 0.6 is 0 Å². The van der Waals surface area contributed by atoms with Crippen LogP contribution in [0.25, 0.3) is 0 Å². The zero-order valence-electron chi connectivity index (χ0n) is 23.2. The minimum absolute atomic E-state index is 0.114. The van der Waals surface area contributed by atoms with Crippen molar-refractivity contribution in [3.05, 3.63) is 82.9 Å². The van der Waals surface area contributed by atoms with Crippen molar-refractivity contribution >= 4 is 21.6 Å². The Kier molecular flexibility index (Phi) is 7.10. The molecule has 0 unspecified atom stereocenters. The van der Waals surface area contributed by atoms with E-state index in [0.29, 0.717) is 17.2 Å². The van der Waals surface area contributed by atoms with Crippen LogP contribution in [0.2, 0.25) is 0 Å². The Bertz CT molecular complexity index is 1490. The Morgan fingerprint density at radius 1 is 1.03 bits per heavy atom. The number of carbonyl (C=O) groups is 1. The monoisotopic (exact) mass is 548 g/mol. The molecule has 1 aliphatic heterocycles. The summed E-state index contributed by atoms with van der Waals surface area (Å²) in [5.74, 6) is 0.560. The fraction of sp³-hybridized carbons (Fsp3) is 0.387. The number of anilines is 1. The lowest BCUT2D eigenvalue weighted by Crippen LogP contribution is -2.51. The Balaban J connectivity index is 1.46. The van der Waals surface area contributed by atoms with Gasteiger partial charge in [0, 0.05) is 0 Å². The average molecular weight is 549 g/mol. The van der Waals surface area contributed by atoms with Crippen molar-refractivity contribution in [2.24, 2.45) is 0 Å². The van der Waals surface area contributed by atoms with Gasteiger partial charge in [-0.1, -0.05) is 45.0 Å². The molecular formula is C31H36N2O5S. The molecule has 1 N–H and O–H groups in total. The Morgan fingerprint density at radius 2 is 1.74 bits per heavy atom. The summed E-state index contributed by atoms with van der Waals surface area (Å²) in [5.41, 5.74) is 4.92. The Hall–Kier alpha value is -3.52. The normalized spacial score (nSPS) is 17.6. The molecule has 0 spiro atoms. The first-order valence-corrected chi connectivity index (χ1v) is 14.8. The van der Waals surface area contributed by atoms with Crippen LogP contribution < -0.4 is 19.1 Å².